The molecule has 0 bridgehead atoms. The number of carbonyl (C=O) groups is 3. The Labute approximate surface area is 637 Å². The molecule has 0 aromatic rings. The Kier molecular flexibility index (Phi) is 74.7. The molecule has 0 aliphatic carbocycles. The molecule has 105 heavy (non-hydrogen) atoms. The van der Waals surface area contributed by atoms with E-state index >= 15 is 0 Å². The Hall–Kier alpha value is -5.09. The Morgan fingerprint density at radius 2 is 0.476 bits per heavy atom. The van der Waals surface area contributed by atoms with E-state index in [9.17, 15) is 43.5 Å². The van der Waals surface area contributed by atoms with Gasteiger partial charge in [-0.25, -0.2) is 9.13 Å². The summed E-state index contributed by atoms with van der Waals surface area (Å²) in [4.78, 5) is 58.7. The van der Waals surface area contributed by atoms with Gasteiger partial charge in [-0.3, -0.25) is 32.5 Å². The summed E-state index contributed by atoms with van der Waals surface area (Å²) in [5.41, 5.74) is 0. The molecule has 0 rings (SSSR count). The van der Waals surface area contributed by atoms with E-state index in [-0.39, 0.29) is 19.3 Å². The zero-order chi connectivity index (χ0) is 76.6. The maximum atomic E-state index is 13.0. The number of ether oxygens (including phenoxy) is 3. The van der Waals surface area contributed by atoms with Gasteiger partial charge in [0.2, 0.25) is 0 Å². The molecule has 5 unspecified atom stereocenters. The van der Waals surface area contributed by atoms with Crippen molar-refractivity contribution >= 4 is 33.6 Å². The standard InChI is InChI=1S/C87H144O16P2/c1-4-7-10-13-16-19-22-25-28-31-33-34-35-36-37-38-39-40-41-42-43-44-45-46-48-51-52-55-58-61-64-67-70-73-85(90)97-76-82(88)77-99-104(93,94)100-78-83(89)79-101-105(95,96)102-81-84(103-87(92)75-72-69-66-63-60-57-54-49-30-27-24-21-18-15-12-9-6-3)80-98-86(91)74-71-68-65-62-59-56-53-50-47-32-29-26-23-20-17-14-11-8-5-2/h7-12,16-21,25-30,33-34,36-37,39-40,47,50,56,59,82-84,88-89H,4-6,13-15,22-24,31-32,35,38,41-46,48-49,51-55,57-58,60-81H2,1-3H3,(H,93,94)(H,95,96)/b10-7-,11-8-,12-9-,19-16-,20-17-,21-18-,28-25-,29-26-,30-27-,34-33-,37-36-,40-39-,50-47-,59-56-. The molecule has 0 saturated heterocycles. The second-order valence-electron chi connectivity index (χ2n) is 26.4. The average molecular weight is 1510 g/mol. The van der Waals surface area contributed by atoms with Crippen LogP contribution in [-0.2, 0) is 55.8 Å². The number of carbonyl (C=O) groups excluding carboxylic acids is 3. The van der Waals surface area contributed by atoms with Crippen LogP contribution >= 0.6 is 15.6 Å². The maximum Gasteiger partial charge on any atom is 0.472 e. The molecule has 0 amide bonds. The number of allylic oxidation sites excluding steroid dienone is 28. The van der Waals surface area contributed by atoms with Crippen LogP contribution in [0.3, 0.4) is 0 Å². The molecule has 598 valence electrons. The first-order valence-electron chi connectivity index (χ1n) is 40.4. The second kappa shape index (κ2) is 78.5. The Morgan fingerprint density at radius 1 is 0.267 bits per heavy atom. The molecule has 4 N–H and O–H groups in total. The van der Waals surface area contributed by atoms with Gasteiger partial charge in [-0.15, -0.1) is 0 Å². The first kappa shape index (κ1) is 99.9. The van der Waals surface area contributed by atoms with Crippen LogP contribution in [0.2, 0.25) is 0 Å². The van der Waals surface area contributed by atoms with E-state index in [1.54, 1.807) is 0 Å². The van der Waals surface area contributed by atoms with Crippen molar-refractivity contribution in [3.63, 3.8) is 0 Å². The molecule has 0 spiro atoms. The van der Waals surface area contributed by atoms with E-state index < -0.39 is 91.5 Å². The summed E-state index contributed by atoms with van der Waals surface area (Å²) in [7, 11) is -9.81. The minimum atomic E-state index is -4.95. The van der Waals surface area contributed by atoms with E-state index in [0.29, 0.717) is 19.3 Å². The summed E-state index contributed by atoms with van der Waals surface area (Å²) in [5.74, 6) is -1.63. The highest BCUT2D eigenvalue weighted by Crippen LogP contribution is 2.45. The fourth-order valence-corrected chi connectivity index (χ4v) is 12.0. The molecule has 18 heteroatoms. The van der Waals surface area contributed by atoms with Gasteiger partial charge in [-0.1, -0.05) is 306 Å². The SMILES string of the molecule is CC/C=C\C/C=C\C/C=C\C/C=C\C/C=C\C/C=C\CCCCCCCCCCCCCCCCC(=O)OCC(O)COP(=O)(O)OCC(O)COP(=O)(O)OCC(COC(=O)CCCCC/C=C\C/C=C\C/C=C\C/C=C\C/C=C\CC)OC(=O)CCCCCCCCC/C=C\C/C=C\C/C=C\CC. The minimum absolute atomic E-state index is 0.0807. The van der Waals surface area contributed by atoms with Crippen LogP contribution in [-0.4, -0.2) is 95.9 Å². The second-order valence-corrected chi connectivity index (χ2v) is 29.3. The number of aliphatic hydroxyl groups is 2. The molecular weight excluding hydrogens is 1360 g/mol. The third-order valence-corrected chi connectivity index (χ3v) is 18.3. The third kappa shape index (κ3) is 79.8. The highest BCUT2D eigenvalue weighted by Gasteiger charge is 2.29. The number of phosphoric ester groups is 2. The molecule has 0 heterocycles. The van der Waals surface area contributed by atoms with Crippen molar-refractivity contribution in [2.45, 2.75) is 322 Å². The average Bonchev–Trinajstić information content (AvgIpc) is 0.911. The summed E-state index contributed by atoms with van der Waals surface area (Å²) >= 11 is 0. The normalized spacial score (nSPS) is 14.8. The Morgan fingerprint density at radius 3 is 0.762 bits per heavy atom. The number of aliphatic hydroxyl groups excluding tert-OH is 2. The van der Waals surface area contributed by atoms with Crippen LogP contribution in [0.1, 0.15) is 303 Å². The van der Waals surface area contributed by atoms with Gasteiger partial charge in [-0.05, 0) is 148 Å². The largest absolute Gasteiger partial charge is 0.472 e. The lowest BCUT2D eigenvalue weighted by Crippen LogP contribution is -2.30. The Balaban J connectivity index is 4.52. The lowest BCUT2D eigenvalue weighted by molar-refractivity contribution is -0.161. The van der Waals surface area contributed by atoms with Crippen molar-refractivity contribution in [3.05, 3.63) is 170 Å². The van der Waals surface area contributed by atoms with E-state index in [4.69, 9.17) is 32.3 Å². The highest BCUT2D eigenvalue weighted by molar-refractivity contribution is 7.47. The molecule has 0 aliphatic rings. The van der Waals surface area contributed by atoms with Crippen LogP contribution in [0.4, 0.5) is 0 Å². The molecule has 0 aromatic heterocycles. The number of phosphoric acid groups is 2. The van der Waals surface area contributed by atoms with Gasteiger partial charge in [0.15, 0.2) is 6.10 Å². The molecule has 16 nitrogen and oxygen atoms in total. The van der Waals surface area contributed by atoms with Crippen LogP contribution in [0.5, 0.6) is 0 Å². The summed E-state index contributed by atoms with van der Waals surface area (Å²) in [6.45, 7) is 2.29. The monoisotopic (exact) mass is 1510 g/mol. The zero-order valence-corrected chi connectivity index (χ0v) is 67.1. The van der Waals surface area contributed by atoms with Crippen molar-refractivity contribution < 1.29 is 75.8 Å². The maximum absolute atomic E-state index is 13.0. The number of esters is 3. The van der Waals surface area contributed by atoms with E-state index in [1.165, 1.54) is 64.2 Å². The molecule has 5 atom stereocenters. The van der Waals surface area contributed by atoms with Crippen molar-refractivity contribution in [1.82, 2.24) is 0 Å². The van der Waals surface area contributed by atoms with Gasteiger partial charge >= 0.3 is 33.6 Å². The van der Waals surface area contributed by atoms with Crippen molar-refractivity contribution in [2.75, 3.05) is 39.6 Å². The fourth-order valence-electron chi connectivity index (χ4n) is 10.4. The van der Waals surface area contributed by atoms with Gasteiger partial charge in [0.05, 0.1) is 26.4 Å². The summed E-state index contributed by atoms with van der Waals surface area (Å²) in [6.07, 6.45) is 99.8. The van der Waals surface area contributed by atoms with Crippen LogP contribution < -0.4 is 0 Å². The molecule has 0 saturated carbocycles. The summed E-state index contributed by atoms with van der Waals surface area (Å²) in [5, 5.41) is 20.7. The van der Waals surface area contributed by atoms with E-state index in [2.05, 4.69) is 191 Å². The molecule has 0 fully saturated rings. The molecular formula is C87H144O16P2. The molecule has 0 aliphatic heterocycles. The topological polar surface area (TPSA) is 231 Å². The quantitative estimate of drug-likeness (QED) is 0.0146. The van der Waals surface area contributed by atoms with Crippen molar-refractivity contribution in [3.8, 4) is 0 Å². The zero-order valence-electron chi connectivity index (χ0n) is 65.3. The first-order chi connectivity index (χ1) is 51.2. The Bertz CT molecular complexity index is 2590. The minimum Gasteiger partial charge on any atom is -0.463 e. The number of hydrogen-bond acceptors (Lipinski definition) is 14. The number of hydrogen-bond donors (Lipinski definition) is 4. The number of unbranched alkanes of at least 4 members (excludes halogenated alkanes) is 24. The molecule has 0 aromatic carbocycles. The van der Waals surface area contributed by atoms with Crippen molar-refractivity contribution in [2.24, 2.45) is 0 Å². The third-order valence-electron chi connectivity index (χ3n) is 16.4. The predicted octanol–water partition coefficient (Wildman–Crippen LogP) is 24.0. The number of rotatable bonds is 75. The van der Waals surface area contributed by atoms with Gasteiger partial charge in [-0.2, -0.15) is 0 Å². The van der Waals surface area contributed by atoms with Crippen LogP contribution in [0, 0.1) is 0 Å². The van der Waals surface area contributed by atoms with Gasteiger partial charge in [0.1, 0.15) is 25.4 Å². The summed E-state index contributed by atoms with van der Waals surface area (Å²) in [6, 6.07) is 0. The smallest absolute Gasteiger partial charge is 0.463 e. The van der Waals surface area contributed by atoms with Gasteiger partial charge in [0.25, 0.3) is 0 Å². The molecule has 0 radical (unpaired) electrons. The lowest BCUT2D eigenvalue weighted by atomic mass is 10.0. The highest BCUT2D eigenvalue weighted by atomic mass is 31.2. The first-order valence-corrected chi connectivity index (χ1v) is 43.4. The predicted molar refractivity (Wildman–Crippen MR) is 435 cm³/mol. The van der Waals surface area contributed by atoms with Crippen LogP contribution in [0.15, 0.2) is 170 Å². The van der Waals surface area contributed by atoms with E-state index in [0.717, 1.165) is 180 Å². The van der Waals surface area contributed by atoms with E-state index in [1.807, 2.05) is 0 Å². The van der Waals surface area contributed by atoms with Crippen molar-refractivity contribution in [1.29, 1.82) is 0 Å². The fraction of sp³-hybridized carbons (Fsp3) is 0.644. The van der Waals surface area contributed by atoms with Crippen LogP contribution in [0.25, 0.3) is 0 Å². The van der Waals surface area contributed by atoms with Gasteiger partial charge in [0, 0.05) is 19.3 Å². The van der Waals surface area contributed by atoms with Gasteiger partial charge < -0.3 is 34.2 Å². The lowest BCUT2D eigenvalue weighted by Gasteiger charge is -2.21. The summed E-state index contributed by atoms with van der Waals surface area (Å²) < 4.78 is 61.1.